The molecule has 7 nitrogen and oxygen atoms in total. The van der Waals surface area contributed by atoms with Gasteiger partial charge >= 0.3 is 0 Å². The Morgan fingerprint density at radius 1 is 0.969 bits per heavy atom. The highest BCUT2D eigenvalue weighted by Gasteiger charge is 2.27. The number of para-hydroxylation sites is 1. The molecular weight excluding hydrogens is 402 g/mol. The van der Waals surface area contributed by atoms with Gasteiger partial charge in [-0.15, -0.1) is 0 Å². The summed E-state index contributed by atoms with van der Waals surface area (Å²) in [6, 6.07) is 21.7. The maximum atomic E-state index is 13.5. The van der Waals surface area contributed by atoms with Crippen LogP contribution in [0.4, 0.5) is 0 Å². The van der Waals surface area contributed by atoms with Crippen LogP contribution in [0.1, 0.15) is 21.8 Å². The van der Waals surface area contributed by atoms with Gasteiger partial charge in [0.15, 0.2) is 0 Å². The number of hydrogen-bond donors (Lipinski definition) is 0. The molecule has 0 aliphatic carbocycles. The molecule has 0 spiro atoms. The quantitative estimate of drug-likeness (QED) is 0.485. The number of carbonyl (C=O) groups is 1. The van der Waals surface area contributed by atoms with Crippen molar-refractivity contribution in [2.75, 3.05) is 26.2 Å². The van der Waals surface area contributed by atoms with Crippen LogP contribution in [0.2, 0.25) is 0 Å². The third kappa shape index (κ3) is 4.20. The van der Waals surface area contributed by atoms with Gasteiger partial charge in [-0.1, -0.05) is 53.7 Å². The lowest BCUT2D eigenvalue weighted by molar-refractivity contribution is 0.0626. The van der Waals surface area contributed by atoms with Crippen molar-refractivity contribution in [2.45, 2.75) is 13.5 Å². The van der Waals surface area contributed by atoms with E-state index >= 15 is 0 Å². The van der Waals surface area contributed by atoms with Crippen LogP contribution in [-0.4, -0.2) is 56.8 Å². The van der Waals surface area contributed by atoms with Crippen LogP contribution in [0.5, 0.6) is 0 Å². The first kappa shape index (κ1) is 20.2. The zero-order chi connectivity index (χ0) is 21.9. The number of rotatable bonds is 5. The Bertz CT molecular complexity index is 1190. The van der Waals surface area contributed by atoms with E-state index in [4.69, 9.17) is 9.62 Å². The highest BCUT2D eigenvalue weighted by molar-refractivity contribution is 6.00. The zero-order valence-corrected chi connectivity index (χ0v) is 18.0. The van der Waals surface area contributed by atoms with Gasteiger partial charge < -0.3 is 9.42 Å². The van der Waals surface area contributed by atoms with Crippen molar-refractivity contribution in [1.29, 1.82) is 0 Å². The monoisotopic (exact) mass is 427 g/mol. The molecule has 0 radical (unpaired) electrons. The second kappa shape index (κ2) is 8.80. The van der Waals surface area contributed by atoms with E-state index in [2.05, 4.69) is 10.1 Å². The SMILES string of the molecule is Cc1cc(CN2CCN(C(=O)c3cn(-c4ccccc4)nc3-c3ccccc3)CC2)no1. The molecule has 0 saturated carbocycles. The maximum Gasteiger partial charge on any atom is 0.257 e. The average Bonchev–Trinajstić information content (AvgIpc) is 3.47. The molecule has 5 rings (SSSR count). The standard InChI is InChI=1S/C25H25N5O2/c1-19-16-21(27-32-19)17-28-12-14-29(15-13-28)25(31)23-18-30(22-10-6-3-7-11-22)26-24(23)20-8-4-2-5-9-20/h2-11,16,18H,12-15,17H2,1H3. The number of nitrogens with zero attached hydrogens (tertiary/aromatic N) is 5. The second-order valence-corrected chi connectivity index (χ2v) is 8.03. The Labute approximate surface area is 186 Å². The predicted molar refractivity (Wildman–Crippen MR) is 121 cm³/mol. The van der Waals surface area contributed by atoms with Gasteiger partial charge in [0.25, 0.3) is 5.91 Å². The summed E-state index contributed by atoms with van der Waals surface area (Å²) in [5.41, 5.74) is 4.13. The van der Waals surface area contributed by atoms with Crippen molar-refractivity contribution in [2.24, 2.45) is 0 Å². The van der Waals surface area contributed by atoms with E-state index in [9.17, 15) is 4.79 Å². The fourth-order valence-electron chi connectivity index (χ4n) is 4.05. The number of amides is 1. The van der Waals surface area contributed by atoms with E-state index in [1.54, 1.807) is 4.68 Å². The normalized spacial score (nSPS) is 14.6. The van der Waals surface area contributed by atoms with Crippen LogP contribution < -0.4 is 0 Å². The van der Waals surface area contributed by atoms with Crippen LogP contribution in [0, 0.1) is 6.92 Å². The van der Waals surface area contributed by atoms with Gasteiger partial charge in [-0.05, 0) is 19.1 Å². The molecule has 0 bridgehead atoms. The number of aromatic nitrogens is 3. The number of piperazine rings is 1. The van der Waals surface area contributed by atoms with Crippen molar-refractivity contribution in [3.63, 3.8) is 0 Å². The molecule has 0 atom stereocenters. The molecular formula is C25H25N5O2. The Kier molecular flexibility index (Phi) is 5.56. The van der Waals surface area contributed by atoms with Crippen molar-refractivity contribution < 1.29 is 9.32 Å². The Hall–Kier alpha value is -3.71. The molecule has 1 aliphatic heterocycles. The highest BCUT2D eigenvalue weighted by Crippen LogP contribution is 2.25. The van der Waals surface area contributed by atoms with Gasteiger partial charge in [0, 0.05) is 50.6 Å². The number of hydrogen-bond acceptors (Lipinski definition) is 5. The van der Waals surface area contributed by atoms with Gasteiger partial charge in [-0.25, -0.2) is 4.68 Å². The summed E-state index contributed by atoms with van der Waals surface area (Å²) in [7, 11) is 0. The van der Waals surface area contributed by atoms with E-state index in [-0.39, 0.29) is 5.91 Å². The molecule has 0 N–H and O–H groups in total. The van der Waals surface area contributed by atoms with Crippen molar-refractivity contribution in [1.82, 2.24) is 24.7 Å². The first-order valence-electron chi connectivity index (χ1n) is 10.8. The molecule has 1 aliphatic rings. The Morgan fingerprint density at radius 3 is 2.31 bits per heavy atom. The molecule has 1 amide bonds. The molecule has 1 fully saturated rings. The fourth-order valence-corrected chi connectivity index (χ4v) is 4.05. The van der Waals surface area contributed by atoms with Crippen LogP contribution in [-0.2, 0) is 6.54 Å². The minimum atomic E-state index is 0.0166. The first-order valence-corrected chi connectivity index (χ1v) is 10.8. The predicted octanol–water partition coefficient (Wildman–Crippen LogP) is 3.79. The van der Waals surface area contributed by atoms with E-state index in [0.717, 1.165) is 42.3 Å². The summed E-state index contributed by atoms with van der Waals surface area (Å²) in [6.07, 6.45) is 1.85. The Morgan fingerprint density at radius 2 is 1.66 bits per heavy atom. The van der Waals surface area contributed by atoms with Crippen LogP contribution in [0.25, 0.3) is 16.9 Å². The molecule has 2 aromatic heterocycles. The number of carbonyl (C=O) groups excluding carboxylic acids is 1. The molecule has 1 saturated heterocycles. The van der Waals surface area contributed by atoms with Gasteiger partial charge in [0.05, 0.1) is 16.9 Å². The van der Waals surface area contributed by atoms with E-state index in [1.807, 2.05) is 84.8 Å². The fraction of sp³-hybridized carbons (Fsp3) is 0.240. The van der Waals surface area contributed by atoms with Gasteiger partial charge in [0.1, 0.15) is 11.5 Å². The summed E-state index contributed by atoms with van der Waals surface area (Å²) < 4.78 is 6.96. The van der Waals surface area contributed by atoms with E-state index < -0.39 is 0 Å². The molecule has 2 aromatic carbocycles. The Balaban J connectivity index is 1.36. The molecule has 4 aromatic rings. The van der Waals surface area contributed by atoms with Gasteiger partial charge in [-0.3, -0.25) is 9.69 Å². The third-order valence-electron chi connectivity index (χ3n) is 5.73. The van der Waals surface area contributed by atoms with E-state index in [1.165, 1.54) is 0 Å². The minimum Gasteiger partial charge on any atom is -0.361 e. The van der Waals surface area contributed by atoms with Gasteiger partial charge in [-0.2, -0.15) is 5.10 Å². The maximum absolute atomic E-state index is 13.5. The summed E-state index contributed by atoms with van der Waals surface area (Å²) in [5.74, 6) is 0.834. The molecule has 162 valence electrons. The second-order valence-electron chi connectivity index (χ2n) is 8.03. The number of benzene rings is 2. The largest absolute Gasteiger partial charge is 0.361 e. The molecule has 3 heterocycles. The lowest BCUT2D eigenvalue weighted by atomic mass is 10.1. The summed E-state index contributed by atoms with van der Waals surface area (Å²) >= 11 is 0. The molecule has 7 heteroatoms. The lowest BCUT2D eigenvalue weighted by Crippen LogP contribution is -2.48. The van der Waals surface area contributed by atoms with Crippen molar-refractivity contribution >= 4 is 5.91 Å². The van der Waals surface area contributed by atoms with E-state index in [0.29, 0.717) is 24.3 Å². The lowest BCUT2D eigenvalue weighted by Gasteiger charge is -2.34. The smallest absolute Gasteiger partial charge is 0.257 e. The summed E-state index contributed by atoms with van der Waals surface area (Å²) in [5, 5.41) is 8.86. The third-order valence-corrected chi connectivity index (χ3v) is 5.73. The first-order chi connectivity index (χ1) is 15.7. The summed E-state index contributed by atoms with van der Waals surface area (Å²) in [4.78, 5) is 17.8. The minimum absolute atomic E-state index is 0.0166. The van der Waals surface area contributed by atoms with Crippen LogP contribution >= 0.6 is 0 Å². The van der Waals surface area contributed by atoms with Gasteiger partial charge in [0.2, 0.25) is 0 Å². The average molecular weight is 428 g/mol. The topological polar surface area (TPSA) is 67.4 Å². The van der Waals surface area contributed by atoms with Crippen molar-refractivity contribution in [3.8, 4) is 16.9 Å². The van der Waals surface area contributed by atoms with Crippen LogP contribution in [0.3, 0.4) is 0 Å². The molecule has 0 unspecified atom stereocenters. The highest BCUT2D eigenvalue weighted by atomic mass is 16.5. The van der Waals surface area contributed by atoms with Crippen LogP contribution in [0.15, 0.2) is 77.4 Å². The molecule has 32 heavy (non-hydrogen) atoms. The number of aryl methyl sites for hydroxylation is 1. The summed E-state index contributed by atoms with van der Waals surface area (Å²) in [6.45, 7) is 5.56. The zero-order valence-electron chi connectivity index (χ0n) is 18.0. The van der Waals surface area contributed by atoms with Crippen molar-refractivity contribution in [3.05, 3.63) is 89.9 Å².